The van der Waals surface area contributed by atoms with Crippen molar-refractivity contribution < 1.29 is 19.1 Å². The second-order valence-electron chi connectivity index (χ2n) is 6.20. The van der Waals surface area contributed by atoms with E-state index in [1.807, 2.05) is 36.6 Å². The van der Waals surface area contributed by atoms with Crippen molar-refractivity contribution in [2.24, 2.45) is 0 Å². The Morgan fingerprint density at radius 1 is 1.21 bits per heavy atom. The number of aromatic nitrogens is 1. The monoisotopic (exact) mass is 474 g/mol. The molecule has 150 valence electrons. The number of amides is 1. The molecule has 0 unspecified atom stereocenters. The van der Waals surface area contributed by atoms with E-state index >= 15 is 0 Å². The number of rotatable bonds is 7. The van der Waals surface area contributed by atoms with Crippen LogP contribution in [0.5, 0.6) is 5.75 Å². The van der Waals surface area contributed by atoms with Crippen LogP contribution in [0.15, 0.2) is 52.3 Å². The number of carbonyl (C=O) groups excluding carboxylic acids is 2. The highest BCUT2D eigenvalue weighted by molar-refractivity contribution is 9.10. The van der Waals surface area contributed by atoms with Crippen molar-refractivity contribution in [2.45, 2.75) is 13.5 Å². The van der Waals surface area contributed by atoms with Gasteiger partial charge in [-0.15, -0.1) is 11.3 Å². The van der Waals surface area contributed by atoms with Gasteiger partial charge in [0.05, 0.1) is 18.4 Å². The third kappa shape index (κ3) is 5.65. The van der Waals surface area contributed by atoms with Gasteiger partial charge in [0.15, 0.2) is 0 Å². The van der Waals surface area contributed by atoms with Gasteiger partial charge in [0.1, 0.15) is 23.9 Å². The molecule has 0 saturated heterocycles. The SMILES string of the molecule is COc1ccc(Br)cc1-c1nc(COC(=O)CNC(=O)c2cccc(C)c2)cs1. The summed E-state index contributed by atoms with van der Waals surface area (Å²) >= 11 is 4.88. The third-order valence-corrected chi connectivity index (χ3v) is 5.42. The van der Waals surface area contributed by atoms with Crippen LogP contribution in [0.2, 0.25) is 0 Å². The smallest absolute Gasteiger partial charge is 0.325 e. The lowest BCUT2D eigenvalue weighted by atomic mass is 10.1. The Labute approximate surface area is 181 Å². The number of halogens is 1. The zero-order valence-electron chi connectivity index (χ0n) is 15.9. The van der Waals surface area contributed by atoms with Crippen molar-refractivity contribution in [1.82, 2.24) is 10.3 Å². The standard InChI is InChI=1S/C21H19BrN2O4S/c1-13-4-3-5-14(8-13)20(26)23-10-19(25)28-11-16-12-29-21(24-16)17-9-15(22)6-7-18(17)27-2/h3-9,12H,10-11H2,1-2H3,(H,23,26). The molecule has 29 heavy (non-hydrogen) atoms. The van der Waals surface area contributed by atoms with E-state index in [0.29, 0.717) is 17.0 Å². The van der Waals surface area contributed by atoms with Crippen LogP contribution in [0.4, 0.5) is 0 Å². The highest BCUT2D eigenvalue weighted by atomic mass is 79.9. The Bertz CT molecular complexity index is 1040. The second kappa shape index (κ2) is 9.67. The number of aryl methyl sites for hydroxylation is 1. The molecule has 1 amide bonds. The molecule has 8 heteroatoms. The number of nitrogens with one attached hydrogen (secondary N) is 1. The van der Waals surface area contributed by atoms with Crippen molar-refractivity contribution in [3.05, 3.63) is 69.1 Å². The van der Waals surface area contributed by atoms with Gasteiger partial charge in [-0.2, -0.15) is 0 Å². The predicted molar refractivity (Wildman–Crippen MR) is 115 cm³/mol. The van der Waals surface area contributed by atoms with E-state index in [2.05, 4.69) is 26.2 Å². The van der Waals surface area contributed by atoms with Crippen LogP contribution < -0.4 is 10.1 Å². The number of thiazole rings is 1. The van der Waals surface area contributed by atoms with Gasteiger partial charge in [0.2, 0.25) is 0 Å². The number of methoxy groups -OCH3 is 1. The van der Waals surface area contributed by atoms with Crippen molar-refractivity contribution in [3.63, 3.8) is 0 Å². The Hall–Kier alpha value is -2.71. The number of ether oxygens (including phenoxy) is 2. The minimum atomic E-state index is -0.527. The molecule has 2 aromatic carbocycles. The largest absolute Gasteiger partial charge is 0.496 e. The lowest BCUT2D eigenvalue weighted by molar-refractivity contribution is -0.143. The van der Waals surface area contributed by atoms with Crippen molar-refractivity contribution in [2.75, 3.05) is 13.7 Å². The molecule has 0 aliphatic carbocycles. The van der Waals surface area contributed by atoms with Crippen LogP contribution in [0.25, 0.3) is 10.6 Å². The van der Waals surface area contributed by atoms with Crippen LogP contribution in [0.1, 0.15) is 21.6 Å². The minimum Gasteiger partial charge on any atom is -0.496 e. The molecular formula is C21H19BrN2O4S. The summed E-state index contributed by atoms with van der Waals surface area (Å²) in [6, 6.07) is 12.8. The number of benzene rings is 2. The molecule has 6 nitrogen and oxygen atoms in total. The molecule has 0 aliphatic rings. The van der Waals surface area contributed by atoms with E-state index in [0.717, 1.165) is 20.6 Å². The van der Waals surface area contributed by atoms with E-state index in [1.54, 1.807) is 25.3 Å². The Kier molecular flexibility index (Phi) is 7.00. The fourth-order valence-electron chi connectivity index (χ4n) is 2.59. The number of nitrogens with zero attached hydrogens (tertiary/aromatic N) is 1. The number of hydrogen-bond donors (Lipinski definition) is 1. The average Bonchev–Trinajstić information content (AvgIpc) is 3.19. The molecular weight excluding hydrogens is 456 g/mol. The summed E-state index contributed by atoms with van der Waals surface area (Å²) in [4.78, 5) is 28.5. The summed E-state index contributed by atoms with van der Waals surface area (Å²) in [6.45, 7) is 1.73. The summed E-state index contributed by atoms with van der Waals surface area (Å²) in [5.41, 5.74) is 2.96. The van der Waals surface area contributed by atoms with E-state index in [1.165, 1.54) is 11.3 Å². The maximum absolute atomic E-state index is 12.1. The fraction of sp³-hybridized carbons (Fsp3) is 0.190. The highest BCUT2D eigenvalue weighted by Crippen LogP contribution is 2.34. The maximum atomic E-state index is 12.1. The van der Waals surface area contributed by atoms with Gasteiger partial charge < -0.3 is 14.8 Å². The summed E-state index contributed by atoms with van der Waals surface area (Å²) < 4.78 is 11.5. The molecule has 0 fully saturated rings. The van der Waals surface area contributed by atoms with E-state index < -0.39 is 5.97 Å². The van der Waals surface area contributed by atoms with Crippen molar-refractivity contribution in [3.8, 4) is 16.3 Å². The molecule has 3 rings (SSSR count). The van der Waals surface area contributed by atoms with E-state index in [-0.39, 0.29) is 19.1 Å². The Morgan fingerprint density at radius 2 is 2.03 bits per heavy atom. The summed E-state index contributed by atoms with van der Waals surface area (Å²) in [7, 11) is 1.61. The molecule has 0 saturated carbocycles. The molecule has 3 aromatic rings. The first-order valence-corrected chi connectivity index (χ1v) is 10.4. The van der Waals surface area contributed by atoms with Crippen LogP contribution in [-0.4, -0.2) is 30.5 Å². The molecule has 0 radical (unpaired) electrons. The summed E-state index contributed by atoms with van der Waals surface area (Å²) in [5.74, 6) is -0.131. The second-order valence-corrected chi connectivity index (χ2v) is 7.98. The summed E-state index contributed by atoms with van der Waals surface area (Å²) in [5, 5.41) is 5.15. The van der Waals surface area contributed by atoms with Gasteiger partial charge in [-0.05, 0) is 37.3 Å². The number of hydrogen-bond acceptors (Lipinski definition) is 6. The molecule has 0 bridgehead atoms. The topological polar surface area (TPSA) is 77.5 Å². The molecule has 1 heterocycles. The van der Waals surface area contributed by atoms with E-state index in [4.69, 9.17) is 9.47 Å². The van der Waals surface area contributed by atoms with Gasteiger partial charge >= 0.3 is 5.97 Å². The van der Waals surface area contributed by atoms with Gasteiger partial charge in [-0.1, -0.05) is 33.6 Å². The first-order chi connectivity index (χ1) is 14.0. The fourth-order valence-corrected chi connectivity index (χ4v) is 3.78. The number of esters is 1. The molecule has 1 aromatic heterocycles. The molecule has 1 N–H and O–H groups in total. The summed E-state index contributed by atoms with van der Waals surface area (Å²) in [6.07, 6.45) is 0. The molecule has 0 aliphatic heterocycles. The lowest BCUT2D eigenvalue weighted by Gasteiger charge is -2.07. The molecule has 0 spiro atoms. The third-order valence-electron chi connectivity index (χ3n) is 4.00. The number of carbonyl (C=O) groups is 2. The zero-order valence-corrected chi connectivity index (χ0v) is 18.3. The van der Waals surface area contributed by atoms with Gasteiger partial charge in [-0.3, -0.25) is 9.59 Å². The van der Waals surface area contributed by atoms with Gasteiger partial charge in [0.25, 0.3) is 5.91 Å². The highest BCUT2D eigenvalue weighted by Gasteiger charge is 2.13. The Balaban J connectivity index is 1.54. The average molecular weight is 475 g/mol. The maximum Gasteiger partial charge on any atom is 0.325 e. The zero-order chi connectivity index (χ0) is 20.8. The minimum absolute atomic E-state index is 0.0337. The van der Waals surface area contributed by atoms with Crippen molar-refractivity contribution >= 4 is 39.1 Å². The van der Waals surface area contributed by atoms with Crippen LogP contribution in [0, 0.1) is 6.92 Å². The van der Waals surface area contributed by atoms with Gasteiger partial charge in [-0.25, -0.2) is 4.98 Å². The van der Waals surface area contributed by atoms with Crippen molar-refractivity contribution in [1.29, 1.82) is 0 Å². The predicted octanol–water partition coefficient (Wildman–Crippen LogP) is 4.36. The normalized spacial score (nSPS) is 10.4. The Morgan fingerprint density at radius 3 is 2.79 bits per heavy atom. The van der Waals surface area contributed by atoms with Crippen LogP contribution in [0.3, 0.4) is 0 Å². The molecule has 0 atom stereocenters. The quantitative estimate of drug-likeness (QED) is 0.514. The van der Waals surface area contributed by atoms with Crippen LogP contribution >= 0.6 is 27.3 Å². The van der Waals surface area contributed by atoms with Gasteiger partial charge in [0, 0.05) is 15.4 Å². The lowest BCUT2D eigenvalue weighted by Crippen LogP contribution is -2.30. The van der Waals surface area contributed by atoms with Crippen LogP contribution in [-0.2, 0) is 16.1 Å². The van der Waals surface area contributed by atoms with E-state index in [9.17, 15) is 9.59 Å². The first-order valence-electron chi connectivity index (χ1n) is 8.75. The first kappa shape index (κ1) is 21.0.